The molecule has 33 heavy (non-hydrogen) atoms. The van der Waals surface area contributed by atoms with Crippen LogP contribution in [0, 0.1) is 0 Å². The zero-order chi connectivity index (χ0) is 23.4. The summed E-state index contributed by atoms with van der Waals surface area (Å²) >= 11 is 0. The van der Waals surface area contributed by atoms with E-state index < -0.39 is 11.6 Å². The molecule has 9 nitrogen and oxygen atoms in total. The number of nitrogens with one attached hydrogen (secondary N) is 1. The molecule has 0 aliphatic heterocycles. The molecule has 0 atom stereocenters. The Bertz CT molecular complexity index is 1060. The molecule has 1 aliphatic carbocycles. The lowest BCUT2D eigenvalue weighted by Gasteiger charge is -2.28. The Morgan fingerprint density at radius 1 is 1.18 bits per heavy atom. The Kier molecular flexibility index (Phi) is 6.78. The molecule has 2 N–H and O–H groups in total. The number of rotatable bonds is 8. The van der Waals surface area contributed by atoms with E-state index in [4.69, 9.17) is 9.47 Å². The van der Waals surface area contributed by atoms with Gasteiger partial charge in [-0.3, -0.25) is 4.68 Å². The molecular formula is C24H31N5O4. The predicted octanol–water partition coefficient (Wildman–Crippen LogP) is 3.72. The van der Waals surface area contributed by atoms with E-state index >= 15 is 0 Å². The average Bonchev–Trinajstić information content (AvgIpc) is 3.43. The molecule has 1 fully saturated rings. The molecule has 0 unspecified atom stereocenters. The van der Waals surface area contributed by atoms with Gasteiger partial charge in [-0.25, -0.2) is 9.89 Å². The molecule has 0 bridgehead atoms. The molecule has 4 rings (SSSR count). The van der Waals surface area contributed by atoms with Crippen molar-refractivity contribution in [2.45, 2.75) is 70.6 Å². The van der Waals surface area contributed by atoms with E-state index in [1.807, 2.05) is 10.7 Å². The summed E-state index contributed by atoms with van der Waals surface area (Å²) in [6, 6.07) is 10.6. The van der Waals surface area contributed by atoms with Gasteiger partial charge in [0.1, 0.15) is 6.10 Å². The molecule has 0 saturated heterocycles. The van der Waals surface area contributed by atoms with Gasteiger partial charge in [0.05, 0.1) is 24.4 Å². The van der Waals surface area contributed by atoms with Crippen LogP contribution in [0.5, 0.6) is 5.88 Å². The van der Waals surface area contributed by atoms with Gasteiger partial charge in [-0.05, 0) is 69.6 Å². The Labute approximate surface area is 193 Å². The topological polar surface area (TPSA) is 115 Å². The molecule has 2 aromatic heterocycles. The Balaban J connectivity index is 1.35. The predicted molar refractivity (Wildman–Crippen MR) is 122 cm³/mol. The minimum atomic E-state index is -0.829. The number of hydrogen-bond acceptors (Lipinski definition) is 7. The first kappa shape index (κ1) is 23.0. The van der Waals surface area contributed by atoms with Crippen molar-refractivity contribution >= 4 is 5.97 Å². The first-order chi connectivity index (χ1) is 15.8. The molecular weight excluding hydrogens is 422 g/mol. The fraction of sp³-hybridized carbons (Fsp3) is 0.500. The number of benzene rings is 1. The molecule has 0 spiro atoms. The molecule has 1 saturated carbocycles. The van der Waals surface area contributed by atoms with E-state index in [-0.39, 0.29) is 24.3 Å². The molecule has 0 amide bonds. The highest BCUT2D eigenvalue weighted by Gasteiger charge is 2.27. The maximum Gasteiger partial charge on any atom is 0.362 e. The van der Waals surface area contributed by atoms with Crippen molar-refractivity contribution in [1.29, 1.82) is 0 Å². The van der Waals surface area contributed by atoms with E-state index in [0.717, 1.165) is 36.9 Å². The van der Waals surface area contributed by atoms with Crippen LogP contribution in [0.1, 0.15) is 68.4 Å². The summed E-state index contributed by atoms with van der Waals surface area (Å²) < 4.78 is 12.8. The van der Waals surface area contributed by atoms with Crippen molar-refractivity contribution < 1.29 is 19.4 Å². The van der Waals surface area contributed by atoms with Crippen LogP contribution in [0.15, 0.2) is 36.5 Å². The van der Waals surface area contributed by atoms with Crippen LogP contribution in [0.3, 0.4) is 0 Å². The third kappa shape index (κ3) is 5.60. The maximum absolute atomic E-state index is 12.0. The zero-order valence-corrected chi connectivity index (χ0v) is 19.3. The number of nitrogens with zero attached hydrogens (tertiary/aromatic N) is 4. The lowest BCUT2D eigenvalue weighted by molar-refractivity contribution is 0.0507. The second-order valence-corrected chi connectivity index (χ2v) is 9.11. The molecule has 3 aromatic rings. The third-order valence-electron chi connectivity index (χ3n) is 5.88. The molecule has 1 aliphatic rings. The number of hydrogen-bond donors (Lipinski definition) is 2. The number of ether oxygens (including phenoxy) is 2. The van der Waals surface area contributed by atoms with E-state index in [1.165, 1.54) is 5.56 Å². The van der Waals surface area contributed by atoms with Gasteiger partial charge in [0.2, 0.25) is 5.69 Å². The van der Waals surface area contributed by atoms with E-state index in [9.17, 15) is 9.90 Å². The Morgan fingerprint density at radius 3 is 2.58 bits per heavy atom. The van der Waals surface area contributed by atoms with E-state index in [0.29, 0.717) is 12.5 Å². The normalized spacial score (nSPS) is 18.8. The fourth-order valence-corrected chi connectivity index (χ4v) is 4.31. The first-order valence-corrected chi connectivity index (χ1v) is 11.4. The van der Waals surface area contributed by atoms with Crippen molar-refractivity contribution in [3.05, 3.63) is 47.8 Å². The highest BCUT2D eigenvalue weighted by atomic mass is 16.5. The van der Waals surface area contributed by atoms with Gasteiger partial charge in [0.25, 0.3) is 5.88 Å². The van der Waals surface area contributed by atoms with Gasteiger partial charge >= 0.3 is 5.97 Å². The Morgan fingerprint density at radius 2 is 1.91 bits per heavy atom. The lowest BCUT2D eigenvalue weighted by atomic mass is 9.82. The zero-order valence-electron chi connectivity index (χ0n) is 19.3. The largest absolute Gasteiger partial charge is 0.472 e. The number of esters is 1. The molecule has 2 heterocycles. The van der Waals surface area contributed by atoms with Crippen molar-refractivity contribution in [3.63, 3.8) is 0 Å². The summed E-state index contributed by atoms with van der Waals surface area (Å²) in [4.78, 5) is 12.0. The molecule has 1 aromatic carbocycles. The monoisotopic (exact) mass is 453 g/mol. The highest BCUT2D eigenvalue weighted by Crippen LogP contribution is 2.35. The Hall–Kier alpha value is -3.20. The number of carbonyl (C=O) groups excluding carboxylic acids is 1. The average molecular weight is 454 g/mol. The van der Waals surface area contributed by atoms with Gasteiger partial charge in [0.15, 0.2) is 0 Å². The standard InChI is InChI=1S/C24H31N5O4/c1-4-32-23(30)21-22(27-28-26-21)33-19-11-9-17(10-12-19)16-5-7-18(8-6-16)20-13-14-25-29(20)15-24(2,3)31/h5-8,13-14,17,19,31H,4,9-12,15H2,1-3H3,(H,26,27,28). The van der Waals surface area contributed by atoms with Crippen molar-refractivity contribution in [3.8, 4) is 17.1 Å². The van der Waals surface area contributed by atoms with Crippen LogP contribution in [-0.2, 0) is 11.3 Å². The second kappa shape index (κ2) is 9.74. The second-order valence-electron chi connectivity index (χ2n) is 9.11. The summed E-state index contributed by atoms with van der Waals surface area (Å²) in [5.41, 5.74) is 2.71. The summed E-state index contributed by atoms with van der Waals surface area (Å²) in [5, 5.41) is 24.7. The van der Waals surface area contributed by atoms with Crippen LogP contribution >= 0.6 is 0 Å². The van der Waals surface area contributed by atoms with Crippen LogP contribution in [0.4, 0.5) is 0 Å². The maximum atomic E-state index is 12.0. The number of carbonyl (C=O) groups is 1. The molecule has 0 radical (unpaired) electrons. The first-order valence-electron chi connectivity index (χ1n) is 11.4. The number of H-pyrrole nitrogens is 1. The summed E-state index contributed by atoms with van der Waals surface area (Å²) in [6.07, 6.45) is 5.49. The van der Waals surface area contributed by atoms with Crippen LogP contribution in [0.25, 0.3) is 11.3 Å². The minimum Gasteiger partial charge on any atom is -0.472 e. The van der Waals surface area contributed by atoms with Gasteiger partial charge in [-0.15, -0.1) is 0 Å². The smallest absolute Gasteiger partial charge is 0.362 e. The van der Waals surface area contributed by atoms with Crippen molar-refractivity contribution in [1.82, 2.24) is 25.2 Å². The number of aromatic amines is 1. The molecule has 9 heteroatoms. The summed E-state index contributed by atoms with van der Waals surface area (Å²) in [5.74, 6) is 0.168. The lowest BCUT2D eigenvalue weighted by Crippen LogP contribution is -2.27. The molecule has 176 valence electrons. The fourth-order valence-electron chi connectivity index (χ4n) is 4.31. The SMILES string of the molecule is CCOC(=O)c1[nH]nnc1OC1CCC(c2ccc(-c3ccnn3CC(C)(C)O)cc2)CC1. The van der Waals surface area contributed by atoms with Crippen LogP contribution in [0.2, 0.25) is 0 Å². The summed E-state index contributed by atoms with van der Waals surface area (Å²) in [7, 11) is 0. The number of aromatic nitrogens is 5. The van der Waals surface area contributed by atoms with Crippen molar-refractivity contribution in [2.75, 3.05) is 6.61 Å². The van der Waals surface area contributed by atoms with Gasteiger partial charge in [-0.2, -0.15) is 5.10 Å². The van der Waals surface area contributed by atoms with Crippen LogP contribution in [-0.4, -0.2) is 54.6 Å². The highest BCUT2D eigenvalue weighted by molar-refractivity contribution is 5.89. The van der Waals surface area contributed by atoms with Gasteiger partial charge < -0.3 is 14.6 Å². The third-order valence-corrected chi connectivity index (χ3v) is 5.88. The summed E-state index contributed by atoms with van der Waals surface area (Å²) in [6.45, 7) is 6.03. The number of aliphatic hydroxyl groups is 1. The van der Waals surface area contributed by atoms with Crippen molar-refractivity contribution in [2.24, 2.45) is 0 Å². The van der Waals surface area contributed by atoms with E-state index in [1.54, 1.807) is 27.0 Å². The minimum absolute atomic E-state index is 0.00464. The van der Waals surface area contributed by atoms with E-state index in [2.05, 4.69) is 44.8 Å². The van der Waals surface area contributed by atoms with Gasteiger partial charge in [0, 0.05) is 6.20 Å². The quantitative estimate of drug-likeness (QED) is 0.500. The van der Waals surface area contributed by atoms with Crippen LogP contribution < -0.4 is 4.74 Å². The van der Waals surface area contributed by atoms with Gasteiger partial charge in [-0.1, -0.05) is 34.6 Å².